The summed E-state index contributed by atoms with van der Waals surface area (Å²) in [5.74, 6) is 0.719. The maximum absolute atomic E-state index is 13.8. The Morgan fingerprint density at radius 2 is 2.07 bits per heavy atom. The Morgan fingerprint density at radius 1 is 1.18 bits per heavy atom. The summed E-state index contributed by atoms with van der Waals surface area (Å²) in [7, 11) is 0. The van der Waals surface area contributed by atoms with Crippen molar-refractivity contribution >= 4 is 6.03 Å². The molecule has 6 heteroatoms. The number of fused-ring (bicyclic) bond motifs is 2. The molecule has 4 rings (SSSR count). The summed E-state index contributed by atoms with van der Waals surface area (Å²) in [6.07, 6.45) is 3.86. The van der Waals surface area contributed by atoms with Gasteiger partial charge in [0.1, 0.15) is 11.6 Å². The molecule has 0 bridgehead atoms. The third-order valence-electron chi connectivity index (χ3n) is 5.43. The Morgan fingerprint density at radius 3 is 3.00 bits per heavy atom. The zero-order valence-electron chi connectivity index (χ0n) is 15.8. The Bertz CT molecular complexity index is 856. The van der Waals surface area contributed by atoms with Crippen molar-refractivity contribution in [1.82, 2.24) is 10.6 Å². The number of urea groups is 1. The quantitative estimate of drug-likeness (QED) is 0.827. The Hall–Kier alpha value is -2.60. The topological polar surface area (TPSA) is 59.6 Å². The number of ether oxygens (including phenoxy) is 2. The number of halogens is 1. The highest BCUT2D eigenvalue weighted by Crippen LogP contribution is 2.31. The van der Waals surface area contributed by atoms with Crippen LogP contribution in [0.25, 0.3) is 0 Å². The minimum atomic E-state index is -0.316. The van der Waals surface area contributed by atoms with Crippen molar-refractivity contribution in [3.63, 3.8) is 0 Å². The van der Waals surface area contributed by atoms with Crippen LogP contribution >= 0.6 is 0 Å². The first kappa shape index (κ1) is 18.7. The van der Waals surface area contributed by atoms with Gasteiger partial charge in [0.2, 0.25) is 0 Å². The number of benzene rings is 2. The smallest absolute Gasteiger partial charge is 0.314 e. The van der Waals surface area contributed by atoms with E-state index in [0.717, 1.165) is 24.8 Å². The van der Waals surface area contributed by atoms with Crippen molar-refractivity contribution in [2.75, 3.05) is 19.9 Å². The second-order valence-corrected chi connectivity index (χ2v) is 7.34. The highest BCUT2D eigenvalue weighted by molar-refractivity contribution is 5.73. The second-order valence-electron chi connectivity index (χ2n) is 7.34. The molecule has 2 aromatic rings. The van der Waals surface area contributed by atoms with Crippen LogP contribution in [0, 0.1) is 5.82 Å². The summed E-state index contributed by atoms with van der Waals surface area (Å²) < 4.78 is 24.5. The molecular weight excluding hydrogens is 359 g/mol. The van der Waals surface area contributed by atoms with Gasteiger partial charge in [-0.15, -0.1) is 0 Å². The van der Waals surface area contributed by atoms with E-state index in [1.165, 1.54) is 23.3 Å². The standard InChI is InChI=1S/C22H25FN2O3/c23-19-10-16(21-18(11-19)13-27-14-28-21)8-9-24-22(26)25-12-17-6-3-5-15-4-1-2-7-20(15)17/h1-2,4,7,10-11,17H,3,5-6,8-9,12-14H2,(H2,24,25,26). The minimum absolute atomic E-state index is 0.169. The monoisotopic (exact) mass is 384 g/mol. The number of carbonyl (C=O) groups is 1. The molecule has 1 heterocycles. The van der Waals surface area contributed by atoms with Crippen molar-refractivity contribution in [2.45, 2.75) is 38.2 Å². The maximum atomic E-state index is 13.8. The fourth-order valence-electron chi connectivity index (χ4n) is 4.10. The molecule has 0 saturated heterocycles. The first-order chi connectivity index (χ1) is 13.7. The van der Waals surface area contributed by atoms with Gasteiger partial charge in [-0.2, -0.15) is 0 Å². The lowest BCUT2D eigenvalue weighted by Gasteiger charge is -2.25. The Balaban J connectivity index is 1.28. The molecule has 1 aliphatic carbocycles. The Labute approximate surface area is 164 Å². The van der Waals surface area contributed by atoms with Crippen LogP contribution in [0.15, 0.2) is 36.4 Å². The molecule has 2 aromatic carbocycles. The normalized spacial score (nSPS) is 17.8. The molecule has 1 aliphatic heterocycles. The van der Waals surface area contributed by atoms with E-state index in [1.807, 2.05) is 0 Å². The second kappa shape index (κ2) is 8.61. The molecule has 0 aromatic heterocycles. The van der Waals surface area contributed by atoms with E-state index in [9.17, 15) is 9.18 Å². The summed E-state index contributed by atoms with van der Waals surface area (Å²) >= 11 is 0. The zero-order valence-corrected chi connectivity index (χ0v) is 15.8. The predicted octanol–water partition coefficient (Wildman–Crippen LogP) is 3.65. The number of aryl methyl sites for hydroxylation is 1. The molecule has 0 radical (unpaired) electrons. The number of nitrogens with one attached hydrogen (secondary N) is 2. The maximum Gasteiger partial charge on any atom is 0.314 e. The van der Waals surface area contributed by atoms with Crippen LogP contribution in [0.4, 0.5) is 9.18 Å². The van der Waals surface area contributed by atoms with Gasteiger partial charge in [-0.25, -0.2) is 9.18 Å². The fraction of sp³-hybridized carbons (Fsp3) is 0.409. The number of hydrogen-bond acceptors (Lipinski definition) is 3. The van der Waals surface area contributed by atoms with Crippen LogP contribution in [-0.4, -0.2) is 25.9 Å². The summed E-state index contributed by atoms with van der Waals surface area (Å²) in [6.45, 7) is 1.55. The minimum Gasteiger partial charge on any atom is -0.467 e. The van der Waals surface area contributed by atoms with E-state index >= 15 is 0 Å². The third kappa shape index (κ3) is 4.28. The van der Waals surface area contributed by atoms with Gasteiger partial charge in [-0.3, -0.25) is 0 Å². The molecule has 1 unspecified atom stereocenters. The highest BCUT2D eigenvalue weighted by atomic mass is 19.1. The molecule has 2 amide bonds. The van der Waals surface area contributed by atoms with Gasteiger partial charge in [0.05, 0.1) is 6.61 Å². The van der Waals surface area contributed by atoms with E-state index in [2.05, 4.69) is 34.9 Å². The van der Waals surface area contributed by atoms with Crippen molar-refractivity contribution in [1.29, 1.82) is 0 Å². The summed E-state index contributed by atoms with van der Waals surface area (Å²) in [4.78, 5) is 12.2. The van der Waals surface area contributed by atoms with E-state index in [0.29, 0.717) is 43.3 Å². The summed E-state index contributed by atoms with van der Waals surface area (Å²) in [6, 6.07) is 11.2. The molecule has 148 valence electrons. The van der Waals surface area contributed by atoms with Crippen LogP contribution < -0.4 is 15.4 Å². The molecule has 0 fully saturated rings. The van der Waals surface area contributed by atoms with Crippen molar-refractivity contribution in [2.24, 2.45) is 0 Å². The summed E-state index contributed by atoms with van der Waals surface area (Å²) in [5.41, 5.74) is 4.20. The van der Waals surface area contributed by atoms with E-state index in [4.69, 9.17) is 9.47 Å². The average molecular weight is 384 g/mol. The number of rotatable bonds is 5. The average Bonchev–Trinajstić information content (AvgIpc) is 2.72. The lowest BCUT2D eigenvalue weighted by Crippen LogP contribution is -2.39. The van der Waals surface area contributed by atoms with Gasteiger partial charge in [-0.1, -0.05) is 24.3 Å². The highest BCUT2D eigenvalue weighted by Gasteiger charge is 2.20. The van der Waals surface area contributed by atoms with E-state index in [-0.39, 0.29) is 18.6 Å². The summed E-state index contributed by atoms with van der Waals surface area (Å²) in [5, 5.41) is 5.84. The first-order valence-electron chi connectivity index (χ1n) is 9.82. The number of carbonyl (C=O) groups excluding carboxylic acids is 1. The van der Waals surface area contributed by atoms with Crippen molar-refractivity contribution in [3.8, 4) is 5.75 Å². The molecule has 28 heavy (non-hydrogen) atoms. The third-order valence-corrected chi connectivity index (χ3v) is 5.43. The van der Waals surface area contributed by atoms with Gasteiger partial charge in [0.15, 0.2) is 6.79 Å². The van der Waals surface area contributed by atoms with Gasteiger partial charge in [-0.05, 0) is 54.5 Å². The molecule has 0 spiro atoms. The van der Waals surface area contributed by atoms with Crippen LogP contribution in [-0.2, 0) is 24.2 Å². The number of hydrogen-bond donors (Lipinski definition) is 2. The van der Waals surface area contributed by atoms with Crippen molar-refractivity contribution < 1.29 is 18.7 Å². The molecule has 1 atom stereocenters. The SMILES string of the molecule is O=C(NCCc1cc(F)cc2c1OCOC2)NCC1CCCc2ccccc21. The van der Waals surface area contributed by atoms with E-state index in [1.54, 1.807) is 0 Å². The largest absolute Gasteiger partial charge is 0.467 e. The molecule has 5 nitrogen and oxygen atoms in total. The van der Waals surface area contributed by atoms with Gasteiger partial charge in [0, 0.05) is 24.6 Å². The van der Waals surface area contributed by atoms with Gasteiger partial charge < -0.3 is 20.1 Å². The lowest BCUT2D eigenvalue weighted by molar-refractivity contribution is -0.0172. The number of amides is 2. The Kier molecular flexibility index (Phi) is 5.76. The molecule has 2 aliphatic rings. The molecule has 0 saturated carbocycles. The van der Waals surface area contributed by atoms with Gasteiger partial charge >= 0.3 is 6.03 Å². The zero-order chi connectivity index (χ0) is 19.3. The van der Waals surface area contributed by atoms with Gasteiger partial charge in [0.25, 0.3) is 0 Å². The van der Waals surface area contributed by atoms with Crippen LogP contribution in [0.1, 0.15) is 41.0 Å². The lowest BCUT2D eigenvalue weighted by atomic mass is 9.83. The van der Waals surface area contributed by atoms with Crippen molar-refractivity contribution in [3.05, 3.63) is 64.5 Å². The van der Waals surface area contributed by atoms with Crippen LogP contribution in [0.3, 0.4) is 0 Å². The fourth-order valence-corrected chi connectivity index (χ4v) is 4.10. The van der Waals surface area contributed by atoms with Crippen LogP contribution in [0.2, 0.25) is 0 Å². The van der Waals surface area contributed by atoms with Crippen LogP contribution in [0.5, 0.6) is 5.75 Å². The predicted molar refractivity (Wildman–Crippen MR) is 104 cm³/mol. The van der Waals surface area contributed by atoms with E-state index < -0.39 is 0 Å². The molecular formula is C22H25FN2O3. The first-order valence-corrected chi connectivity index (χ1v) is 9.82. The molecule has 2 N–H and O–H groups in total.